The van der Waals surface area contributed by atoms with Crippen molar-refractivity contribution in [3.05, 3.63) is 47.7 Å². The summed E-state index contributed by atoms with van der Waals surface area (Å²) in [7, 11) is 3.28. The largest absolute Gasteiger partial charge is 0.465 e. The van der Waals surface area contributed by atoms with Crippen molar-refractivity contribution in [2.75, 3.05) is 33.8 Å². The van der Waals surface area contributed by atoms with Gasteiger partial charge in [-0.2, -0.15) is 0 Å². The van der Waals surface area contributed by atoms with Gasteiger partial charge in [0, 0.05) is 25.6 Å². The fraction of sp³-hybridized carbons (Fsp3) is 0.455. The maximum Gasteiger partial charge on any atom is 0.337 e. The van der Waals surface area contributed by atoms with Crippen LogP contribution in [0.3, 0.4) is 0 Å². The molecule has 148 valence electrons. The monoisotopic (exact) mass is 382 g/mol. The van der Waals surface area contributed by atoms with Gasteiger partial charge in [0.1, 0.15) is 11.5 Å². The summed E-state index contributed by atoms with van der Waals surface area (Å²) in [6.45, 7) is 3.65. The molecule has 2 aromatic rings. The summed E-state index contributed by atoms with van der Waals surface area (Å²) in [5, 5.41) is 0. The number of amides is 1. The zero-order valence-electron chi connectivity index (χ0n) is 16.4. The minimum atomic E-state index is -0.343. The van der Waals surface area contributed by atoms with E-state index in [2.05, 4.69) is 4.90 Å². The molecule has 0 N–H and O–H groups in total. The lowest BCUT2D eigenvalue weighted by molar-refractivity contribution is -0.126. The van der Waals surface area contributed by atoms with Crippen LogP contribution >= 0.6 is 0 Å². The smallest absolute Gasteiger partial charge is 0.337 e. The number of rotatable bonds is 4. The van der Waals surface area contributed by atoms with Gasteiger partial charge < -0.3 is 14.1 Å². The van der Waals surface area contributed by atoms with Crippen molar-refractivity contribution in [2.24, 2.45) is 5.41 Å². The predicted molar refractivity (Wildman–Crippen MR) is 105 cm³/mol. The van der Waals surface area contributed by atoms with Gasteiger partial charge in [0.05, 0.1) is 19.2 Å². The molecule has 6 nitrogen and oxygen atoms in total. The zero-order chi connectivity index (χ0) is 19.7. The summed E-state index contributed by atoms with van der Waals surface area (Å²) in [5.74, 6) is 1.66. The van der Waals surface area contributed by atoms with E-state index in [9.17, 15) is 9.59 Å². The number of ether oxygens (including phenoxy) is 1. The van der Waals surface area contributed by atoms with Crippen molar-refractivity contribution < 1.29 is 18.7 Å². The molecule has 2 saturated heterocycles. The standard InChI is InChI=1S/C22H26N2O4/c1-23-15-22(13-20(23)25)9-11-24(12-10-22)14-18-7-8-19(28-18)16-3-5-17(6-4-16)21(26)27-2/h3-8H,9-15H2,1-2H3. The second-order valence-electron chi connectivity index (χ2n) is 8.04. The highest BCUT2D eigenvalue weighted by Crippen LogP contribution is 2.40. The Bertz CT molecular complexity index is 863. The Balaban J connectivity index is 1.35. The first kappa shape index (κ1) is 18.7. The summed E-state index contributed by atoms with van der Waals surface area (Å²) >= 11 is 0. The van der Waals surface area contributed by atoms with Gasteiger partial charge in [-0.05, 0) is 55.6 Å². The Morgan fingerprint density at radius 2 is 1.86 bits per heavy atom. The molecule has 0 bridgehead atoms. The van der Waals surface area contributed by atoms with Gasteiger partial charge >= 0.3 is 5.97 Å². The molecule has 0 aliphatic carbocycles. The van der Waals surface area contributed by atoms with Crippen LogP contribution in [0, 0.1) is 5.41 Å². The van der Waals surface area contributed by atoms with Crippen LogP contribution in [0.5, 0.6) is 0 Å². The molecule has 0 saturated carbocycles. The lowest BCUT2D eigenvalue weighted by Gasteiger charge is -2.38. The summed E-state index contributed by atoms with van der Waals surface area (Å²) < 4.78 is 10.8. The third kappa shape index (κ3) is 3.69. The van der Waals surface area contributed by atoms with E-state index in [4.69, 9.17) is 9.15 Å². The van der Waals surface area contributed by atoms with Crippen molar-refractivity contribution in [1.82, 2.24) is 9.80 Å². The highest BCUT2D eigenvalue weighted by atomic mass is 16.5. The maximum absolute atomic E-state index is 11.9. The average molecular weight is 382 g/mol. The molecule has 2 aliphatic heterocycles. The first-order chi connectivity index (χ1) is 13.5. The molecule has 28 heavy (non-hydrogen) atoms. The Hall–Kier alpha value is -2.60. The van der Waals surface area contributed by atoms with Crippen LogP contribution in [-0.2, 0) is 16.1 Å². The average Bonchev–Trinajstić information content (AvgIpc) is 3.28. The number of esters is 1. The SMILES string of the molecule is COC(=O)c1ccc(-c2ccc(CN3CCC4(CC3)CC(=O)N(C)C4)o2)cc1. The van der Waals surface area contributed by atoms with Crippen molar-refractivity contribution in [3.63, 3.8) is 0 Å². The van der Waals surface area contributed by atoms with Crippen molar-refractivity contribution in [3.8, 4) is 11.3 Å². The van der Waals surface area contributed by atoms with Crippen LogP contribution in [0.1, 0.15) is 35.4 Å². The summed E-state index contributed by atoms with van der Waals surface area (Å²) in [6, 6.07) is 11.2. The number of piperidine rings is 1. The van der Waals surface area contributed by atoms with Crippen LogP contribution in [0.25, 0.3) is 11.3 Å². The number of likely N-dealkylation sites (tertiary alicyclic amines) is 2. The second kappa shape index (κ2) is 7.43. The number of methoxy groups -OCH3 is 1. The van der Waals surface area contributed by atoms with Gasteiger partial charge in [-0.1, -0.05) is 12.1 Å². The Morgan fingerprint density at radius 1 is 1.14 bits per heavy atom. The van der Waals surface area contributed by atoms with E-state index in [-0.39, 0.29) is 17.3 Å². The molecule has 0 radical (unpaired) electrons. The van der Waals surface area contributed by atoms with Gasteiger partial charge in [0.2, 0.25) is 5.91 Å². The fourth-order valence-electron chi connectivity index (χ4n) is 4.35. The predicted octanol–water partition coefficient (Wildman–Crippen LogP) is 3.18. The second-order valence-corrected chi connectivity index (χ2v) is 8.04. The van der Waals surface area contributed by atoms with E-state index in [1.54, 1.807) is 12.1 Å². The number of carbonyl (C=O) groups is 2. The molecule has 4 rings (SSSR count). The molecule has 2 aliphatic rings. The highest BCUT2D eigenvalue weighted by Gasteiger charge is 2.43. The van der Waals surface area contributed by atoms with Crippen molar-refractivity contribution >= 4 is 11.9 Å². The normalized spacial score (nSPS) is 19.4. The van der Waals surface area contributed by atoms with Gasteiger partial charge in [-0.25, -0.2) is 4.79 Å². The van der Waals surface area contributed by atoms with Crippen LogP contribution in [0.4, 0.5) is 0 Å². The van der Waals surface area contributed by atoms with Gasteiger partial charge in [0.25, 0.3) is 0 Å². The number of hydrogen-bond acceptors (Lipinski definition) is 5. The molecule has 0 unspecified atom stereocenters. The van der Waals surface area contributed by atoms with E-state index >= 15 is 0 Å². The van der Waals surface area contributed by atoms with Crippen LogP contribution in [0.2, 0.25) is 0 Å². The third-order valence-electron chi connectivity index (χ3n) is 6.07. The minimum absolute atomic E-state index is 0.179. The minimum Gasteiger partial charge on any atom is -0.465 e. The molecule has 1 spiro atoms. The van der Waals surface area contributed by atoms with Crippen LogP contribution in [0.15, 0.2) is 40.8 Å². The van der Waals surface area contributed by atoms with Crippen LogP contribution in [-0.4, -0.2) is 55.5 Å². The first-order valence-corrected chi connectivity index (χ1v) is 9.72. The summed E-state index contributed by atoms with van der Waals surface area (Å²) in [6.07, 6.45) is 2.82. The highest BCUT2D eigenvalue weighted by molar-refractivity contribution is 5.89. The number of nitrogens with zero attached hydrogens (tertiary/aromatic N) is 2. The summed E-state index contributed by atoms with van der Waals surface area (Å²) in [4.78, 5) is 27.7. The van der Waals surface area contributed by atoms with Crippen molar-refractivity contribution in [2.45, 2.75) is 25.8 Å². The molecule has 3 heterocycles. The third-order valence-corrected chi connectivity index (χ3v) is 6.07. The van der Waals surface area contributed by atoms with E-state index < -0.39 is 0 Å². The Morgan fingerprint density at radius 3 is 2.46 bits per heavy atom. The molecule has 6 heteroatoms. The van der Waals surface area contributed by atoms with E-state index in [0.29, 0.717) is 12.0 Å². The molecule has 1 amide bonds. The summed E-state index contributed by atoms with van der Waals surface area (Å²) in [5.41, 5.74) is 1.64. The first-order valence-electron chi connectivity index (χ1n) is 9.72. The topological polar surface area (TPSA) is 63.0 Å². The Kier molecular flexibility index (Phi) is 4.98. The molecule has 2 fully saturated rings. The lowest BCUT2D eigenvalue weighted by Crippen LogP contribution is -2.40. The number of benzene rings is 1. The van der Waals surface area contributed by atoms with Crippen molar-refractivity contribution in [1.29, 1.82) is 0 Å². The number of furan rings is 1. The number of carbonyl (C=O) groups excluding carboxylic acids is 2. The Labute approximate surface area is 165 Å². The van der Waals surface area contributed by atoms with Crippen LogP contribution < -0.4 is 0 Å². The number of hydrogen-bond donors (Lipinski definition) is 0. The molecular weight excluding hydrogens is 356 g/mol. The van der Waals surface area contributed by atoms with E-state index in [1.165, 1.54) is 7.11 Å². The van der Waals surface area contributed by atoms with E-state index in [0.717, 1.165) is 56.1 Å². The molecule has 0 atom stereocenters. The molecule has 1 aromatic heterocycles. The van der Waals surface area contributed by atoms with Gasteiger partial charge in [-0.3, -0.25) is 9.69 Å². The lowest BCUT2D eigenvalue weighted by atomic mass is 9.77. The quantitative estimate of drug-likeness (QED) is 0.760. The zero-order valence-corrected chi connectivity index (χ0v) is 16.4. The molecule has 1 aromatic carbocycles. The molecular formula is C22H26N2O4. The van der Waals surface area contributed by atoms with E-state index in [1.807, 2.05) is 36.2 Å². The van der Waals surface area contributed by atoms with Gasteiger partial charge in [0.15, 0.2) is 0 Å². The fourth-order valence-corrected chi connectivity index (χ4v) is 4.35. The van der Waals surface area contributed by atoms with Gasteiger partial charge in [-0.15, -0.1) is 0 Å². The maximum atomic E-state index is 11.9.